The lowest BCUT2D eigenvalue weighted by atomic mass is 10.1. The van der Waals surface area contributed by atoms with E-state index < -0.39 is 0 Å². The van der Waals surface area contributed by atoms with Gasteiger partial charge in [-0.25, -0.2) is 0 Å². The lowest BCUT2D eigenvalue weighted by molar-refractivity contribution is 0.435. The Bertz CT molecular complexity index is 151. The summed E-state index contributed by atoms with van der Waals surface area (Å²) < 4.78 is 0. The maximum atomic E-state index is 3.70. The Morgan fingerprint density at radius 3 is 2.38 bits per heavy atom. The first-order valence-corrected chi connectivity index (χ1v) is 7.29. The summed E-state index contributed by atoms with van der Waals surface area (Å²) in [6.07, 6.45) is 11.1. The Labute approximate surface area is 102 Å². The van der Waals surface area contributed by atoms with E-state index in [0.717, 1.165) is 19.1 Å². The second-order valence-electron chi connectivity index (χ2n) is 5.29. The van der Waals surface area contributed by atoms with Crippen LogP contribution < -0.4 is 10.6 Å². The molecule has 0 amide bonds. The predicted octanol–water partition coefficient (Wildman–Crippen LogP) is 3.08. The van der Waals surface area contributed by atoms with E-state index in [1.807, 2.05) is 0 Å². The van der Waals surface area contributed by atoms with Gasteiger partial charge in [0.05, 0.1) is 0 Å². The molecule has 1 atom stereocenters. The van der Waals surface area contributed by atoms with Crippen LogP contribution in [0.5, 0.6) is 0 Å². The van der Waals surface area contributed by atoms with Crippen LogP contribution in [0.15, 0.2) is 0 Å². The van der Waals surface area contributed by atoms with Crippen molar-refractivity contribution in [3.05, 3.63) is 0 Å². The molecule has 0 aromatic rings. The Morgan fingerprint density at radius 1 is 1.06 bits per heavy atom. The fourth-order valence-corrected chi connectivity index (χ4v) is 2.61. The SMILES string of the molecule is CCCC(C)NCCNC1CCCCCC1. The number of nitrogens with one attached hydrogen (secondary N) is 2. The second kappa shape index (κ2) is 9.00. The molecular weight excluding hydrogens is 196 g/mol. The molecule has 1 fully saturated rings. The average molecular weight is 226 g/mol. The molecule has 0 saturated heterocycles. The summed E-state index contributed by atoms with van der Waals surface area (Å²) in [4.78, 5) is 0. The van der Waals surface area contributed by atoms with Crippen LogP contribution in [0, 0.1) is 0 Å². The molecule has 0 aliphatic heterocycles. The molecule has 1 saturated carbocycles. The summed E-state index contributed by atoms with van der Waals surface area (Å²) in [6, 6.07) is 1.48. The van der Waals surface area contributed by atoms with Crippen LogP contribution in [0.25, 0.3) is 0 Å². The van der Waals surface area contributed by atoms with Gasteiger partial charge in [0.25, 0.3) is 0 Å². The fraction of sp³-hybridized carbons (Fsp3) is 1.00. The van der Waals surface area contributed by atoms with Crippen LogP contribution in [0.4, 0.5) is 0 Å². The quantitative estimate of drug-likeness (QED) is 0.515. The van der Waals surface area contributed by atoms with Gasteiger partial charge in [0, 0.05) is 25.2 Å². The molecule has 0 aromatic heterocycles. The van der Waals surface area contributed by atoms with Gasteiger partial charge in [0.1, 0.15) is 0 Å². The van der Waals surface area contributed by atoms with Gasteiger partial charge in [-0.05, 0) is 26.2 Å². The number of rotatable bonds is 7. The topological polar surface area (TPSA) is 24.1 Å². The summed E-state index contributed by atoms with van der Waals surface area (Å²) in [5.74, 6) is 0. The van der Waals surface area contributed by atoms with Crippen LogP contribution in [-0.2, 0) is 0 Å². The van der Waals surface area contributed by atoms with E-state index in [0.29, 0.717) is 6.04 Å². The predicted molar refractivity (Wildman–Crippen MR) is 71.9 cm³/mol. The molecule has 2 nitrogen and oxygen atoms in total. The van der Waals surface area contributed by atoms with Crippen LogP contribution in [0.3, 0.4) is 0 Å². The normalized spacial score (nSPS) is 20.6. The van der Waals surface area contributed by atoms with Crippen molar-refractivity contribution in [2.45, 2.75) is 77.3 Å². The smallest absolute Gasteiger partial charge is 0.00794 e. The van der Waals surface area contributed by atoms with Gasteiger partial charge in [0.2, 0.25) is 0 Å². The van der Waals surface area contributed by atoms with E-state index in [4.69, 9.17) is 0 Å². The van der Waals surface area contributed by atoms with Gasteiger partial charge in [-0.15, -0.1) is 0 Å². The van der Waals surface area contributed by atoms with Crippen molar-refractivity contribution in [3.63, 3.8) is 0 Å². The van der Waals surface area contributed by atoms with Crippen molar-refractivity contribution < 1.29 is 0 Å². The van der Waals surface area contributed by atoms with Crippen molar-refractivity contribution in [3.8, 4) is 0 Å². The molecule has 96 valence electrons. The molecule has 1 aliphatic rings. The minimum atomic E-state index is 0.681. The summed E-state index contributed by atoms with van der Waals surface area (Å²) in [5.41, 5.74) is 0. The molecule has 0 spiro atoms. The van der Waals surface area contributed by atoms with Crippen LogP contribution in [0.2, 0.25) is 0 Å². The van der Waals surface area contributed by atoms with Gasteiger partial charge >= 0.3 is 0 Å². The van der Waals surface area contributed by atoms with Crippen molar-refractivity contribution in [1.29, 1.82) is 0 Å². The van der Waals surface area contributed by atoms with Gasteiger partial charge in [-0.3, -0.25) is 0 Å². The molecule has 0 radical (unpaired) electrons. The third-order valence-corrected chi connectivity index (χ3v) is 3.63. The Hall–Kier alpha value is -0.0800. The molecular formula is C14H30N2. The highest BCUT2D eigenvalue weighted by atomic mass is 15.0. The van der Waals surface area contributed by atoms with Gasteiger partial charge in [-0.2, -0.15) is 0 Å². The zero-order valence-corrected chi connectivity index (χ0v) is 11.2. The largest absolute Gasteiger partial charge is 0.313 e. The summed E-state index contributed by atoms with van der Waals surface area (Å²) in [7, 11) is 0. The third-order valence-electron chi connectivity index (χ3n) is 3.63. The minimum Gasteiger partial charge on any atom is -0.313 e. The van der Waals surface area contributed by atoms with Gasteiger partial charge in [0.15, 0.2) is 0 Å². The van der Waals surface area contributed by atoms with Crippen molar-refractivity contribution in [2.24, 2.45) is 0 Å². The fourth-order valence-electron chi connectivity index (χ4n) is 2.61. The van der Waals surface area contributed by atoms with Crippen molar-refractivity contribution in [2.75, 3.05) is 13.1 Å². The van der Waals surface area contributed by atoms with E-state index in [1.54, 1.807) is 0 Å². The van der Waals surface area contributed by atoms with E-state index in [9.17, 15) is 0 Å². The molecule has 1 aliphatic carbocycles. The van der Waals surface area contributed by atoms with E-state index in [2.05, 4.69) is 24.5 Å². The Morgan fingerprint density at radius 2 is 1.75 bits per heavy atom. The van der Waals surface area contributed by atoms with Crippen molar-refractivity contribution in [1.82, 2.24) is 10.6 Å². The van der Waals surface area contributed by atoms with E-state index >= 15 is 0 Å². The number of hydrogen-bond donors (Lipinski definition) is 2. The molecule has 1 rings (SSSR count). The lowest BCUT2D eigenvalue weighted by Crippen LogP contribution is -2.37. The molecule has 0 heterocycles. The van der Waals surface area contributed by atoms with Crippen molar-refractivity contribution >= 4 is 0 Å². The highest BCUT2D eigenvalue weighted by molar-refractivity contribution is 4.71. The van der Waals surface area contributed by atoms with Gasteiger partial charge < -0.3 is 10.6 Å². The Kier molecular flexibility index (Phi) is 7.87. The Balaban J connectivity index is 1.97. The van der Waals surface area contributed by atoms with Crippen LogP contribution in [-0.4, -0.2) is 25.2 Å². The zero-order chi connectivity index (χ0) is 11.6. The summed E-state index contributed by atoms with van der Waals surface area (Å²) in [6.45, 7) is 6.80. The molecule has 1 unspecified atom stereocenters. The highest BCUT2D eigenvalue weighted by Gasteiger charge is 2.10. The third kappa shape index (κ3) is 6.49. The molecule has 16 heavy (non-hydrogen) atoms. The second-order valence-corrected chi connectivity index (χ2v) is 5.29. The highest BCUT2D eigenvalue weighted by Crippen LogP contribution is 2.16. The van der Waals surface area contributed by atoms with Crippen LogP contribution >= 0.6 is 0 Å². The zero-order valence-electron chi connectivity index (χ0n) is 11.2. The summed E-state index contributed by atoms with van der Waals surface area (Å²) in [5, 5.41) is 7.27. The lowest BCUT2D eigenvalue weighted by Gasteiger charge is -2.18. The molecule has 0 aromatic carbocycles. The first kappa shape index (κ1) is 14.0. The average Bonchev–Trinajstić information content (AvgIpc) is 2.53. The molecule has 2 heteroatoms. The monoisotopic (exact) mass is 226 g/mol. The van der Waals surface area contributed by atoms with E-state index in [-0.39, 0.29) is 0 Å². The van der Waals surface area contributed by atoms with Gasteiger partial charge in [-0.1, -0.05) is 39.0 Å². The maximum Gasteiger partial charge on any atom is 0.00794 e. The number of hydrogen-bond acceptors (Lipinski definition) is 2. The summed E-state index contributed by atoms with van der Waals surface area (Å²) >= 11 is 0. The molecule has 0 bridgehead atoms. The first-order valence-electron chi connectivity index (χ1n) is 7.29. The van der Waals surface area contributed by atoms with Crippen LogP contribution in [0.1, 0.15) is 65.2 Å². The molecule has 2 N–H and O–H groups in total. The first-order chi connectivity index (χ1) is 7.83. The maximum absolute atomic E-state index is 3.70. The standard InChI is InChI=1S/C14H30N2/c1-3-8-13(2)15-11-12-16-14-9-6-4-5-7-10-14/h13-16H,3-12H2,1-2H3. The van der Waals surface area contributed by atoms with E-state index in [1.165, 1.54) is 51.4 Å². The minimum absolute atomic E-state index is 0.681.